The van der Waals surface area contributed by atoms with E-state index in [1.54, 1.807) is 30.3 Å². The Kier molecular flexibility index (Phi) is 5.61. The monoisotopic (exact) mass is 462 g/mol. The Morgan fingerprint density at radius 1 is 1.12 bits per heavy atom. The molecule has 0 bridgehead atoms. The summed E-state index contributed by atoms with van der Waals surface area (Å²) in [6, 6.07) is 12.1. The molecule has 1 fully saturated rings. The van der Waals surface area contributed by atoms with E-state index >= 15 is 0 Å². The van der Waals surface area contributed by atoms with Gasteiger partial charge in [-0.3, -0.25) is 14.2 Å². The Hall–Kier alpha value is -4.01. The maximum Gasteiger partial charge on any atom is 0.337 e. The summed E-state index contributed by atoms with van der Waals surface area (Å²) < 4.78 is 23.2. The summed E-state index contributed by atoms with van der Waals surface area (Å²) in [5, 5.41) is 0. The van der Waals surface area contributed by atoms with Gasteiger partial charge in [-0.05, 0) is 43.2 Å². The minimum absolute atomic E-state index is 0.0910. The predicted octanol–water partition coefficient (Wildman–Crippen LogP) is 3.49. The van der Waals surface area contributed by atoms with Crippen LogP contribution in [-0.2, 0) is 6.54 Å². The number of benzene rings is 2. The second kappa shape index (κ2) is 8.74. The Morgan fingerprint density at radius 3 is 2.62 bits per heavy atom. The van der Waals surface area contributed by atoms with Gasteiger partial charge < -0.3 is 9.30 Å². The van der Waals surface area contributed by atoms with Crippen LogP contribution in [0.15, 0.2) is 64.4 Å². The molecular weight excluding hydrogens is 439 g/mol. The second-order valence-corrected chi connectivity index (χ2v) is 8.41. The molecule has 0 amide bonds. The highest BCUT2D eigenvalue weighted by atomic mass is 19.1. The molecule has 1 aliphatic carbocycles. The van der Waals surface area contributed by atoms with Gasteiger partial charge in [0.2, 0.25) is 0 Å². The van der Waals surface area contributed by atoms with Gasteiger partial charge in [-0.1, -0.05) is 31.0 Å². The maximum atomic E-state index is 14.0. The van der Waals surface area contributed by atoms with Gasteiger partial charge in [0.25, 0.3) is 5.56 Å². The highest BCUT2D eigenvalue weighted by Crippen LogP contribution is 2.28. The van der Waals surface area contributed by atoms with Gasteiger partial charge in [0.05, 0.1) is 25.7 Å². The summed E-state index contributed by atoms with van der Waals surface area (Å²) in [4.78, 5) is 44.4. The van der Waals surface area contributed by atoms with Crippen molar-refractivity contribution in [2.45, 2.75) is 38.3 Å². The number of fused-ring (bicyclic) bond motifs is 1. The van der Waals surface area contributed by atoms with E-state index in [-0.39, 0.29) is 35.2 Å². The fourth-order valence-electron chi connectivity index (χ4n) is 4.65. The lowest BCUT2D eigenvalue weighted by atomic mass is 10.1. The Morgan fingerprint density at radius 2 is 1.88 bits per heavy atom. The number of imidazole rings is 1. The largest absolute Gasteiger partial charge is 0.497 e. The van der Waals surface area contributed by atoms with Crippen LogP contribution in [0, 0.1) is 5.82 Å². The van der Waals surface area contributed by atoms with Gasteiger partial charge in [0.1, 0.15) is 11.6 Å². The first-order chi connectivity index (χ1) is 16.5. The zero-order valence-corrected chi connectivity index (χ0v) is 18.6. The summed E-state index contributed by atoms with van der Waals surface area (Å²) >= 11 is 0. The summed E-state index contributed by atoms with van der Waals surface area (Å²) in [6.45, 7) is -0.148. The molecule has 0 N–H and O–H groups in total. The zero-order chi connectivity index (χ0) is 23.8. The minimum Gasteiger partial charge on any atom is -0.497 e. The van der Waals surface area contributed by atoms with Gasteiger partial charge in [0, 0.05) is 11.6 Å². The zero-order valence-electron chi connectivity index (χ0n) is 18.6. The number of hydrogen-bond acceptors (Lipinski definition) is 5. The van der Waals surface area contributed by atoms with E-state index in [1.165, 1.54) is 45.3 Å². The molecule has 0 aliphatic heterocycles. The number of carbonyl (C=O) groups is 1. The molecule has 8 nitrogen and oxygen atoms in total. The molecular formula is C25H23FN4O4. The van der Waals surface area contributed by atoms with Gasteiger partial charge in [-0.25, -0.2) is 18.7 Å². The van der Waals surface area contributed by atoms with E-state index in [1.807, 2.05) is 0 Å². The summed E-state index contributed by atoms with van der Waals surface area (Å²) in [5.41, 5.74) is -0.128. The first kappa shape index (κ1) is 21.8. The Labute approximate surface area is 193 Å². The first-order valence-corrected chi connectivity index (χ1v) is 11.1. The van der Waals surface area contributed by atoms with Gasteiger partial charge in [-0.15, -0.1) is 0 Å². The average molecular weight is 462 g/mol. The molecule has 0 spiro atoms. The minimum atomic E-state index is -0.556. The van der Waals surface area contributed by atoms with E-state index in [2.05, 4.69) is 4.98 Å². The van der Waals surface area contributed by atoms with Crippen molar-refractivity contribution in [3.05, 3.63) is 87.1 Å². The summed E-state index contributed by atoms with van der Waals surface area (Å²) in [7, 11) is 1.52. The fraction of sp³-hybridized carbons (Fsp3) is 0.280. The number of ether oxygens (including phenoxy) is 1. The van der Waals surface area contributed by atoms with Crippen LogP contribution < -0.4 is 16.0 Å². The molecule has 1 aliphatic rings. The quantitative estimate of drug-likeness (QED) is 0.409. The van der Waals surface area contributed by atoms with Crippen molar-refractivity contribution in [3.63, 3.8) is 0 Å². The van der Waals surface area contributed by atoms with E-state index in [4.69, 9.17) is 4.74 Å². The highest BCUT2D eigenvalue weighted by Gasteiger charge is 2.26. The number of rotatable bonds is 6. The molecule has 5 rings (SSSR count). The number of methoxy groups -OCH3 is 1. The molecule has 0 radical (unpaired) electrons. The third kappa shape index (κ3) is 3.72. The third-order valence-electron chi connectivity index (χ3n) is 6.31. The smallest absolute Gasteiger partial charge is 0.337 e. The van der Waals surface area contributed by atoms with Crippen molar-refractivity contribution in [2.75, 3.05) is 7.11 Å². The van der Waals surface area contributed by atoms with Crippen LogP contribution in [0.4, 0.5) is 4.39 Å². The average Bonchev–Trinajstić information content (AvgIpc) is 3.50. The lowest BCUT2D eigenvalue weighted by Gasteiger charge is -2.17. The topological polar surface area (TPSA) is 88.1 Å². The van der Waals surface area contributed by atoms with E-state index in [0.717, 1.165) is 12.8 Å². The molecule has 2 aromatic heterocycles. The van der Waals surface area contributed by atoms with Crippen molar-refractivity contribution in [1.29, 1.82) is 0 Å². The van der Waals surface area contributed by atoms with E-state index < -0.39 is 17.1 Å². The van der Waals surface area contributed by atoms with Crippen molar-refractivity contribution < 1.29 is 13.9 Å². The van der Waals surface area contributed by atoms with Crippen LogP contribution in [-0.4, -0.2) is 31.6 Å². The molecule has 174 valence electrons. The van der Waals surface area contributed by atoms with Gasteiger partial charge in [-0.2, -0.15) is 0 Å². The second-order valence-electron chi connectivity index (χ2n) is 8.41. The lowest BCUT2D eigenvalue weighted by Crippen LogP contribution is -2.42. The third-order valence-corrected chi connectivity index (χ3v) is 6.31. The molecule has 1 saturated carbocycles. The SMILES string of the molecule is COc1cccc(C(=O)Cn2cnc3c2c(=O)n(C2CCCC2)c(=O)n3-c2cccc(F)c2)c1. The van der Waals surface area contributed by atoms with Crippen LogP contribution >= 0.6 is 0 Å². The van der Waals surface area contributed by atoms with Crippen LogP contribution in [0.25, 0.3) is 16.9 Å². The number of Topliss-reactive ketones (excluding diaryl/α,β-unsaturated/α-hetero) is 1. The van der Waals surface area contributed by atoms with Crippen LogP contribution in [0.1, 0.15) is 42.1 Å². The van der Waals surface area contributed by atoms with Crippen LogP contribution in [0.2, 0.25) is 0 Å². The highest BCUT2D eigenvalue weighted by molar-refractivity contribution is 5.96. The van der Waals surface area contributed by atoms with Crippen molar-refractivity contribution in [1.82, 2.24) is 18.7 Å². The number of aromatic nitrogens is 4. The normalized spacial score (nSPS) is 14.1. The first-order valence-electron chi connectivity index (χ1n) is 11.1. The van der Waals surface area contributed by atoms with Crippen molar-refractivity contribution in [3.8, 4) is 11.4 Å². The standard InChI is InChI=1S/C25H23FN4O4/c1-34-20-11-4-6-16(12-20)21(31)14-28-15-27-23-22(28)24(32)30(18-8-2-3-9-18)25(33)29(23)19-10-5-7-17(26)13-19/h4-7,10-13,15,18H,2-3,8-9,14H2,1H3. The number of ketones is 1. The van der Waals surface area contributed by atoms with Gasteiger partial charge in [0.15, 0.2) is 16.9 Å². The summed E-state index contributed by atoms with van der Waals surface area (Å²) in [6.07, 6.45) is 4.63. The van der Waals surface area contributed by atoms with Gasteiger partial charge >= 0.3 is 5.69 Å². The molecule has 0 atom stereocenters. The van der Waals surface area contributed by atoms with Crippen molar-refractivity contribution in [2.24, 2.45) is 0 Å². The molecule has 0 saturated heterocycles. The lowest BCUT2D eigenvalue weighted by molar-refractivity contribution is 0.0973. The molecule has 2 aromatic carbocycles. The maximum absolute atomic E-state index is 14.0. The Bertz CT molecular complexity index is 1510. The Balaban J connectivity index is 1.70. The van der Waals surface area contributed by atoms with Crippen LogP contribution in [0.5, 0.6) is 5.75 Å². The number of hydrogen-bond donors (Lipinski definition) is 0. The van der Waals surface area contributed by atoms with Crippen molar-refractivity contribution >= 4 is 16.9 Å². The fourth-order valence-corrected chi connectivity index (χ4v) is 4.65. The van der Waals surface area contributed by atoms with Crippen LogP contribution in [0.3, 0.4) is 0 Å². The predicted molar refractivity (Wildman–Crippen MR) is 124 cm³/mol. The number of carbonyl (C=O) groups excluding carboxylic acids is 1. The molecule has 0 unspecified atom stereocenters. The molecule has 4 aromatic rings. The molecule has 9 heteroatoms. The number of nitrogens with zero attached hydrogens (tertiary/aromatic N) is 4. The molecule has 2 heterocycles. The summed E-state index contributed by atoms with van der Waals surface area (Å²) in [5.74, 6) is -0.206. The molecule has 34 heavy (non-hydrogen) atoms. The van der Waals surface area contributed by atoms with E-state index in [9.17, 15) is 18.8 Å². The number of halogens is 1. The van der Waals surface area contributed by atoms with E-state index in [0.29, 0.717) is 24.2 Å².